The molecule has 2 N–H and O–H groups in total. The largest absolute Gasteiger partial charge is 1.00 e. The SMILES string of the molecule is C[NH2+]Cc1cccc(Cl)c1.[Cl-]. The molecule has 0 aliphatic carbocycles. The van der Waals surface area contributed by atoms with Crippen LogP contribution in [0.5, 0.6) is 0 Å². The number of halogens is 2. The first kappa shape index (κ1) is 10.8. The average molecular weight is 192 g/mol. The van der Waals surface area contributed by atoms with E-state index in [1.165, 1.54) is 5.56 Å². The summed E-state index contributed by atoms with van der Waals surface area (Å²) in [4.78, 5) is 0. The predicted molar refractivity (Wildman–Crippen MR) is 43.0 cm³/mol. The highest BCUT2D eigenvalue weighted by atomic mass is 35.5. The Labute approximate surface area is 78.2 Å². The van der Waals surface area contributed by atoms with E-state index in [4.69, 9.17) is 11.6 Å². The van der Waals surface area contributed by atoms with Crippen molar-refractivity contribution in [1.82, 2.24) is 0 Å². The van der Waals surface area contributed by atoms with Crippen molar-refractivity contribution < 1.29 is 17.7 Å². The Kier molecular flexibility index (Phi) is 5.30. The molecule has 1 aromatic rings. The van der Waals surface area contributed by atoms with Gasteiger partial charge >= 0.3 is 0 Å². The highest BCUT2D eigenvalue weighted by Crippen LogP contribution is 2.08. The highest BCUT2D eigenvalue weighted by Gasteiger charge is 1.92. The molecule has 1 aromatic carbocycles. The Morgan fingerprint density at radius 3 is 2.73 bits per heavy atom. The van der Waals surface area contributed by atoms with E-state index in [0.717, 1.165) is 11.6 Å². The summed E-state index contributed by atoms with van der Waals surface area (Å²) in [6.07, 6.45) is 0. The number of hydrogen-bond acceptors (Lipinski definition) is 0. The van der Waals surface area contributed by atoms with Crippen LogP contribution in [0, 0.1) is 0 Å². The van der Waals surface area contributed by atoms with E-state index < -0.39 is 0 Å². The molecule has 0 radical (unpaired) electrons. The summed E-state index contributed by atoms with van der Waals surface area (Å²) in [5, 5.41) is 2.94. The molecule has 0 saturated heterocycles. The quantitative estimate of drug-likeness (QED) is 0.560. The third-order valence-electron chi connectivity index (χ3n) is 1.33. The van der Waals surface area contributed by atoms with Crippen molar-refractivity contribution in [2.24, 2.45) is 0 Å². The van der Waals surface area contributed by atoms with Gasteiger partial charge in [-0.25, -0.2) is 0 Å². The number of benzene rings is 1. The van der Waals surface area contributed by atoms with Gasteiger partial charge in [0.1, 0.15) is 6.54 Å². The van der Waals surface area contributed by atoms with Crippen molar-refractivity contribution >= 4 is 11.6 Å². The molecule has 11 heavy (non-hydrogen) atoms. The molecule has 0 heterocycles. The first-order valence-corrected chi connectivity index (χ1v) is 3.73. The first-order chi connectivity index (χ1) is 4.83. The van der Waals surface area contributed by atoms with Gasteiger partial charge in [0.2, 0.25) is 0 Å². The van der Waals surface area contributed by atoms with Gasteiger partial charge in [0.05, 0.1) is 7.05 Å². The van der Waals surface area contributed by atoms with Crippen LogP contribution in [0.1, 0.15) is 5.56 Å². The second-order valence-electron chi connectivity index (χ2n) is 2.24. The van der Waals surface area contributed by atoms with Crippen LogP contribution in [0.25, 0.3) is 0 Å². The zero-order valence-electron chi connectivity index (χ0n) is 6.35. The molecule has 0 aliphatic heterocycles. The molecule has 3 heteroatoms. The summed E-state index contributed by atoms with van der Waals surface area (Å²) in [7, 11) is 2.04. The van der Waals surface area contributed by atoms with Gasteiger partial charge in [0, 0.05) is 10.6 Å². The lowest BCUT2D eigenvalue weighted by atomic mass is 10.2. The maximum Gasteiger partial charge on any atom is 0.101 e. The van der Waals surface area contributed by atoms with Gasteiger partial charge in [0.25, 0.3) is 0 Å². The van der Waals surface area contributed by atoms with Crippen LogP contribution in [0.2, 0.25) is 5.02 Å². The molecule has 0 atom stereocenters. The Hall–Kier alpha value is -0.240. The van der Waals surface area contributed by atoms with Crippen molar-refractivity contribution in [3.63, 3.8) is 0 Å². The molecule has 0 aromatic heterocycles. The zero-order valence-corrected chi connectivity index (χ0v) is 7.86. The summed E-state index contributed by atoms with van der Waals surface area (Å²) < 4.78 is 0. The molecule has 1 nitrogen and oxygen atoms in total. The first-order valence-electron chi connectivity index (χ1n) is 3.35. The minimum absolute atomic E-state index is 0. The van der Waals surface area contributed by atoms with E-state index in [0.29, 0.717) is 0 Å². The summed E-state index contributed by atoms with van der Waals surface area (Å²) >= 11 is 5.77. The average Bonchev–Trinajstić information content (AvgIpc) is 1.88. The molecule has 0 fully saturated rings. The molecule has 62 valence electrons. The fourth-order valence-corrected chi connectivity index (χ4v) is 1.11. The maximum absolute atomic E-state index is 5.77. The van der Waals surface area contributed by atoms with E-state index in [2.05, 4.69) is 11.4 Å². The van der Waals surface area contributed by atoms with E-state index >= 15 is 0 Å². The molecule has 1 rings (SSSR count). The van der Waals surface area contributed by atoms with Crippen molar-refractivity contribution in [1.29, 1.82) is 0 Å². The van der Waals surface area contributed by atoms with Gasteiger partial charge < -0.3 is 17.7 Å². The molecule has 0 saturated carbocycles. The van der Waals surface area contributed by atoms with Gasteiger partial charge in [-0.15, -0.1) is 0 Å². The minimum atomic E-state index is 0. The van der Waals surface area contributed by atoms with Crippen LogP contribution in [0.3, 0.4) is 0 Å². The molecule has 0 unspecified atom stereocenters. The molecular weight excluding hydrogens is 181 g/mol. The summed E-state index contributed by atoms with van der Waals surface area (Å²) in [5.74, 6) is 0. The Bertz CT molecular complexity index is 213. The molecule has 0 bridgehead atoms. The number of quaternary nitrogens is 1. The molecule has 0 spiro atoms. The third kappa shape index (κ3) is 3.61. The zero-order chi connectivity index (χ0) is 7.40. The third-order valence-corrected chi connectivity index (χ3v) is 1.56. The van der Waals surface area contributed by atoms with E-state index in [-0.39, 0.29) is 12.4 Å². The Morgan fingerprint density at radius 1 is 1.45 bits per heavy atom. The van der Waals surface area contributed by atoms with Crippen LogP contribution in [0.4, 0.5) is 0 Å². The van der Waals surface area contributed by atoms with E-state index in [9.17, 15) is 0 Å². The smallest absolute Gasteiger partial charge is 0.101 e. The molecule has 0 aliphatic rings. The van der Waals surface area contributed by atoms with Gasteiger partial charge in [-0.3, -0.25) is 0 Å². The van der Waals surface area contributed by atoms with Crippen LogP contribution >= 0.6 is 11.6 Å². The number of nitrogens with two attached hydrogens (primary N) is 1. The normalized spacial score (nSPS) is 8.91. The second-order valence-corrected chi connectivity index (χ2v) is 2.68. The Balaban J connectivity index is 0.000001000. The summed E-state index contributed by atoms with van der Waals surface area (Å²) in [6, 6.07) is 7.93. The second kappa shape index (κ2) is 5.42. The van der Waals surface area contributed by atoms with Crippen molar-refractivity contribution in [2.75, 3.05) is 7.05 Å². The van der Waals surface area contributed by atoms with Crippen molar-refractivity contribution in [2.45, 2.75) is 6.54 Å². The fraction of sp³-hybridized carbons (Fsp3) is 0.250. The van der Waals surface area contributed by atoms with Crippen LogP contribution < -0.4 is 17.7 Å². The summed E-state index contributed by atoms with van der Waals surface area (Å²) in [6.45, 7) is 1.00. The number of rotatable bonds is 2. The lowest BCUT2D eigenvalue weighted by Crippen LogP contribution is -3.00. The minimum Gasteiger partial charge on any atom is -1.00 e. The van der Waals surface area contributed by atoms with Gasteiger partial charge in [-0.05, 0) is 12.1 Å². The van der Waals surface area contributed by atoms with Crippen molar-refractivity contribution in [3.05, 3.63) is 34.9 Å². The highest BCUT2D eigenvalue weighted by molar-refractivity contribution is 6.30. The Morgan fingerprint density at radius 2 is 2.18 bits per heavy atom. The lowest BCUT2D eigenvalue weighted by Gasteiger charge is -1.95. The van der Waals surface area contributed by atoms with E-state index in [1.807, 2.05) is 25.2 Å². The predicted octanol–water partition coefficient (Wildman–Crippen LogP) is -1.96. The van der Waals surface area contributed by atoms with Crippen molar-refractivity contribution in [3.8, 4) is 0 Å². The van der Waals surface area contributed by atoms with E-state index in [1.54, 1.807) is 0 Å². The lowest BCUT2D eigenvalue weighted by molar-refractivity contribution is -0.643. The fourth-order valence-electron chi connectivity index (χ4n) is 0.900. The number of hydrogen-bond donors (Lipinski definition) is 1. The molecular formula is C8H11Cl2N. The van der Waals surface area contributed by atoms with Crippen LogP contribution in [0.15, 0.2) is 24.3 Å². The summed E-state index contributed by atoms with van der Waals surface area (Å²) in [5.41, 5.74) is 1.27. The van der Waals surface area contributed by atoms with Gasteiger partial charge in [-0.1, -0.05) is 23.7 Å². The maximum atomic E-state index is 5.77. The topological polar surface area (TPSA) is 16.6 Å². The monoisotopic (exact) mass is 191 g/mol. The van der Waals surface area contributed by atoms with Crippen LogP contribution in [-0.2, 0) is 6.54 Å². The van der Waals surface area contributed by atoms with Crippen LogP contribution in [-0.4, -0.2) is 7.05 Å². The molecule has 0 amide bonds. The van der Waals surface area contributed by atoms with Gasteiger partial charge in [0.15, 0.2) is 0 Å². The van der Waals surface area contributed by atoms with Gasteiger partial charge in [-0.2, -0.15) is 0 Å². The standard InChI is InChI=1S/C8H10ClN.ClH/c1-10-6-7-3-2-4-8(9)5-7;/h2-5,10H,6H2,1H3;1H.